The van der Waals surface area contributed by atoms with Gasteiger partial charge in [0.1, 0.15) is 0 Å². The van der Waals surface area contributed by atoms with Crippen LogP contribution in [0.4, 0.5) is 0 Å². The van der Waals surface area contributed by atoms with E-state index in [0.29, 0.717) is 6.61 Å². The van der Waals surface area contributed by atoms with Gasteiger partial charge in [-0.15, -0.1) is 0 Å². The van der Waals surface area contributed by atoms with Gasteiger partial charge < -0.3 is 20.1 Å². The first-order valence-electron chi connectivity index (χ1n) is 7.30. The fourth-order valence-electron chi connectivity index (χ4n) is 3.38. The Labute approximate surface area is 111 Å². The van der Waals surface area contributed by atoms with Gasteiger partial charge in [0.05, 0.1) is 12.7 Å². The van der Waals surface area contributed by atoms with Crippen LogP contribution in [0, 0.1) is 5.92 Å². The van der Waals surface area contributed by atoms with E-state index < -0.39 is 0 Å². The molecular weight excluding hydrogens is 228 g/mol. The van der Waals surface area contributed by atoms with Crippen LogP contribution >= 0.6 is 0 Å². The Bertz CT molecular complexity index is 226. The van der Waals surface area contributed by atoms with Crippen molar-refractivity contribution in [2.45, 2.75) is 50.3 Å². The Hall–Kier alpha value is -0.160. The van der Waals surface area contributed by atoms with Crippen molar-refractivity contribution in [2.24, 2.45) is 5.92 Å². The molecule has 2 heterocycles. The zero-order valence-corrected chi connectivity index (χ0v) is 11.8. The van der Waals surface area contributed by atoms with Gasteiger partial charge in [-0.1, -0.05) is 0 Å². The van der Waals surface area contributed by atoms with Crippen LogP contribution in [-0.4, -0.2) is 52.1 Å². The van der Waals surface area contributed by atoms with Crippen molar-refractivity contribution < 1.29 is 9.47 Å². The van der Waals surface area contributed by atoms with Gasteiger partial charge in [0.2, 0.25) is 0 Å². The van der Waals surface area contributed by atoms with E-state index in [-0.39, 0.29) is 6.10 Å². The summed E-state index contributed by atoms with van der Waals surface area (Å²) in [6, 6.07) is 1.63. The van der Waals surface area contributed by atoms with Crippen LogP contribution in [0.1, 0.15) is 32.1 Å². The van der Waals surface area contributed by atoms with Gasteiger partial charge in [-0.3, -0.25) is 0 Å². The second-order valence-corrected chi connectivity index (χ2v) is 5.78. The van der Waals surface area contributed by atoms with E-state index >= 15 is 0 Å². The van der Waals surface area contributed by atoms with E-state index in [1.54, 1.807) is 14.2 Å². The maximum absolute atomic E-state index is 5.33. The van der Waals surface area contributed by atoms with Crippen molar-refractivity contribution in [3.63, 3.8) is 0 Å². The minimum atomic E-state index is 0.180. The molecule has 2 rings (SSSR count). The van der Waals surface area contributed by atoms with Gasteiger partial charge in [-0.2, -0.15) is 0 Å². The molecule has 3 atom stereocenters. The maximum Gasteiger partial charge on any atom is 0.0928 e. The Morgan fingerprint density at radius 2 is 1.94 bits per heavy atom. The zero-order valence-electron chi connectivity index (χ0n) is 11.8. The summed E-state index contributed by atoms with van der Waals surface area (Å²) < 4.78 is 10.4. The second-order valence-electron chi connectivity index (χ2n) is 5.78. The fraction of sp³-hybridized carbons (Fsp3) is 1.00. The van der Waals surface area contributed by atoms with Gasteiger partial charge in [0, 0.05) is 32.8 Å². The molecule has 2 fully saturated rings. The standard InChI is InChI=1S/C14H28N2O2/c1-17-10-14(18-2)9-15-6-5-11-7-12-3-4-13(8-11)16-12/h11-16H,3-10H2,1-2H3. The van der Waals surface area contributed by atoms with E-state index in [9.17, 15) is 0 Å². The predicted molar refractivity (Wildman–Crippen MR) is 72.8 cm³/mol. The molecule has 0 amide bonds. The summed E-state index contributed by atoms with van der Waals surface area (Å²) in [5, 5.41) is 7.19. The number of methoxy groups -OCH3 is 2. The third-order valence-corrected chi connectivity index (χ3v) is 4.36. The molecule has 4 nitrogen and oxygen atoms in total. The van der Waals surface area contributed by atoms with Gasteiger partial charge in [-0.25, -0.2) is 0 Å². The van der Waals surface area contributed by atoms with Crippen molar-refractivity contribution in [3.05, 3.63) is 0 Å². The van der Waals surface area contributed by atoms with Crippen LogP contribution in [0.2, 0.25) is 0 Å². The van der Waals surface area contributed by atoms with Crippen LogP contribution in [0.5, 0.6) is 0 Å². The third kappa shape index (κ3) is 4.19. The fourth-order valence-corrected chi connectivity index (χ4v) is 3.38. The number of hydrogen-bond donors (Lipinski definition) is 2. The number of ether oxygens (including phenoxy) is 2. The topological polar surface area (TPSA) is 42.5 Å². The minimum Gasteiger partial charge on any atom is -0.382 e. The normalized spacial score (nSPS) is 32.7. The van der Waals surface area contributed by atoms with Crippen LogP contribution in [-0.2, 0) is 9.47 Å². The lowest BCUT2D eigenvalue weighted by Gasteiger charge is -2.29. The Kier molecular flexibility index (Phi) is 5.89. The molecule has 0 aromatic rings. The summed E-state index contributed by atoms with van der Waals surface area (Å²) in [6.07, 6.45) is 7.04. The van der Waals surface area contributed by atoms with Crippen molar-refractivity contribution in [3.8, 4) is 0 Å². The Morgan fingerprint density at radius 1 is 1.22 bits per heavy atom. The average Bonchev–Trinajstić information content (AvgIpc) is 2.72. The maximum atomic E-state index is 5.33. The molecule has 2 N–H and O–H groups in total. The molecule has 2 bridgehead atoms. The first-order chi connectivity index (χ1) is 8.81. The van der Waals surface area contributed by atoms with Crippen LogP contribution in [0.25, 0.3) is 0 Å². The monoisotopic (exact) mass is 256 g/mol. The van der Waals surface area contributed by atoms with Gasteiger partial charge >= 0.3 is 0 Å². The largest absolute Gasteiger partial charge is 0.382 e. The lowest BCUT2D eigenvalue weighted by Crippen LogP contribution is -2.39. The highest BCUT2D eigenvalue weighted by molar-refractivity contribution is 4.91. The molecule has 4 heteroatoms. The number of piperidine rings is 1. The van der Waals surface area contributed by atoms with Gasteiger partial charge in [0.15, 0.2) is 0 Å². The number of hydrogen-bond acceptors (Lipinski definition) is 4. The molecule has 2 aliphatic rings. The lowest BCUT2D eigenvalue weighted by atomic mass is 9.90. The molecule has 0 spiro atoms. The molecule has 0 aromatic heterocycles. The third-order valence-electron chi connectivity index (χ3n) is 4.36. The van der Waals surface area contributed by atoms with Crippen LogP contribution < -0.4 is 10.6 Å². The van der Waals surface area contributed by atoms with E-state index in [4.69, 9.17) is 9.47 Å². The number of nitrogens with one attached hydrogen (secondary N) is 2. The summed E-state index contributed by atoms with van der Waals surface area (Å²) in [7, 11) is 3.46. The van der Waals surface area contributed by atoms with Crippen molar-refractivity contribution in [2.75, 3.05) is 33.9 Å². The molecule has 3 unspecified atom stereocenters. The summed E-state index contributed by atoms with van der Waals surface area (Å²) in [4.78, 5) is 0. The van der Waals surface area contributed by atoms with E-state index in [1.165, 1.54) is 32.1 Å². The first kappa shape index (κ1) is 14.3. The van der Waals surface area contributed by atoms with Gasteiger partial charge in [0.25, 0.3) is 0 Å². The Morgan fingerprint density at radius 3 is 2.56 bits per heavy atom. The Balaban J connectivity index is 1.55. The molecule has 2 saturated heterocycles. The second kappa shape index (κ2) is 7.43. The highest BCUT2D eigenvalue weighted by Crippen LogP contribution is 2.32. The highest BCUT2D eigenvalue weighted by atomic mass is 16.5. The number of fused-ring (bicyclic) bond motifs is 2. The molecule has 106 valence electrons. The average molecular weight is 256 g/mol. The predicted octanol–water partition coefficient (Wildman–Crippen LogP) is 1.16. The first-order valence-corrected chi connectivity index (χ1v) is 7.30. The van der Waals surface area contributed by atoms with Crippen LogP contribution in [0.15, 0.2) is 0 Å². The summed E-state index contributed by atoms with van der Waals surface area (Å²) >= 11 is 0. The molecule has 2 aliphatic heterocycles. The number of rotatable bonds is 8. The van der Waals surface area contributed by atoms with E-state index in [2.05, 4.69) is 10.6 Å². The molecular formula is C14H28N2O2. The van der Waals surface area contributed by atoms with Gasteiger partial charge in [-0.05, 0) is 44.6 Å². The SMILES string of the molecule is COCC(CNCCC1CC2CCC(C1)N2)OC. The molecule has 0 radical (unpaired) electrons. The van der Waals surface area contributed by atoms with E-state index in [1.807, 2.05) is 0 Å². The minimum absolute atomic E-state index is 0.180. The quantitative estimate of drug-likeness (QED) is 0.640. The molecule has 0 saturated carbocycles. The summed E-state index contributed by atoms with van der Waals surface area (Å²) in [5.41, 5.74) is 0. The van der Waals surface area contributed by atoms with Crippen LogP contribution in [0.3, 0.4) is 0 Å². The summed E-state index contributed by atoms with van der Waals surface area (Å²) in [5.74, 6) is 0.916. The molecule has 18 heavy (non-hydrogen) atoms. The van der Waals surface area contributed by atoms with E-state index in [0.717, 1.165) is 31.1 Å². The van der Waals surface area contributed by atoms with Crippen molar-refractivity contribution >= 4 is 0 Å². The van der Waals surface area contributed by atoms with Crippen molar-refractivity contribution in [1.29, 1.82) is 0 Å². The summed E-state index contributed by atoms with van der Waals surface area (Å²) in [6.45, 7) is 2.66. The smallest absolute Gasteiger partial charge is 0.0928 e. The molecule has 0 aliphatic carbocycles. The lowest BCUT2D eigenvalue weighted by molar-refractivity contribution is 0.0288. The molecule has 0 aromatic carbocycles. The zero-order chi connectivity index (χ0) is 12.8. The highest BCUT2D eigenvalue weighted by Gasteiger charge is 2.32. The van der Waals surface area contributed by atoms with Crippen molar-refractivity contribution in [1.82, 2.24) is 10.6 Å².